The van der Waals surface area contributed by atoms with E-state index in [9.17, 15) is 0 Å². The third-order valence-corrected chi connectivity index (χ3v) is 5.12. The summed E-state index contributed by atoms with van der Waals surface area (Å²) >= 11 is 1.70. The number of thioether (sulfide) groups is 1. The fourth-order valence-electron chi connectivity index (χ4n) is 2.68. The predicted molar refractivity (Wildman–Crippen MR) is 107 cm³/mol. The molecule has 0 radical (unpaired) electrons. The molecule has 3 aromatic rings. The molecule has 0 N–H and O–H groups in total. The van der Waals surface area contributed by atoms with Crippen molar-refractivity contribution in [3.05, 3.63) is 61.2 Å². The molecule has 26 heavy (non-hydrogen) atoms. The van der Waals surface area contributed by atoms with Gasteiger partial charge in [-0.1, -0.05) is 62.9 Å². The molecule has 0 aliphatic rings. The zero-order valence-electron chi connectivity index (χ0n) is 15.6. The second-order valence-corrected chi connectivity index (χ2v) is 8.24. The van der Waals surface area contributed by atoms with Crippen LogP contribution in [0.25, 0.3) is 11.4 Å². The Morgan fingerprint density at radius 3 is 2.54 bits per heavy atom. The van der Waals surface area contributed by atoms with Crippen molar-refractivity contribution in [2.75, 3.05) is 5.75 Å². The van der Waals surface area contributed by atoms with Gasteiger partial charge in [0.05, 0.1) is 6.33 Å². The van der Waals surface area contributed by atoms with E-state index >= 15 is 0 Å². The van der Waals surface area contributed by atoms with Gasteiger partial charge in [0.25, 0.3) is 0 Å². The minimum absolute atomic E-state index is 0.141. The van der Waals surface area contributed by atoms with Crippen LogP contribution in [0.2, 0.25) is 0 Å². The van der Waals surface area contributed by atoms with Crippen molar-refractivity contribution in [1.82, 2.24) is 24.3 Å². The molecule has 0 aliphatic carbocycles. The average Bonchev–Trinajstić information content (AvgIpc) is 3.25. The predicted octanol–water partition coefficient (Wildman–Crippen LogP) is 4.42. The number of allylic oxidation sites excluding steroid dienone is 1. The maximum absolute atomic E-state index is 4.44. The maximum atomic E-state index is 4.44. The molecule has 0 saturated carbocycles. The largest absolute Gasteiger partial charge is 0.337 e. The Morgan fingerprint density at radius 1 is 1.15 bits per heavy atom. The number of hydrogen-bond acceptors (Lipinski definition) is 4. The van der Waals surface area contributed by atoms with Gasteiger partial charge >= 0.3 is 0 Å². The SMILES string of the molecule is C=CCn1c(SCCn2ccnc2)nnc1-c1ccc(C(C)(C)C)cc1. The summed E-state index contributed by atoms with van der Waals surface area (Å²) in [7, 11) is 0. The van der Waals surface area contributed by atoms with Gasteiger partial charge in [0.1, 0.15) is 0 Å². The van der Waals surface area contributed by atoms with Crippen LogP contribution in [0.4, 0.5) is 0 Å². The third-order valence-electron chi connectivity index (χ3n) is 4.18. The summed E-state index contributed by atoms with van der Waals surface area (Å²) in [5, 5.41) is 9.76. The van der Waals surface area contributed by atoms with Crippen molar-refractivity contribution < 1.29 is 0 Å². The first-order valence-corrected chi connectivity index (χ1v) is 9.71. The average molecular weight is 368 g/mol. The van der Waals surface area contributed by atoms with Crippen molar-refractivity contribution in [2.24, 2.45) is 0 Å². The molecule has 136 valence electrons. The monoisotopic (exact) mass is 367 g/mol. The lowest BCUT2D eigenvalue weighted by molar-refractivity contribution is 0.590. The lowest BCUT2D eigenvalue weighted by Crippen LogP contribution is -2.10. The summed E-state index contributed by atoms with van der Waals surface area (Å²) in [4.78, 5) is 4.07. The first-order chi connectivity index (χ1) is 12.5. The minimum atomic E-state index is 0.141. The zero-order valence-corrected chi connectivity index (χ0v) is 16.4. The van der Waals surface area contributed by atoms with Crippen molar-refractivity contribution in [3.63, 3.8) is 0 Å². The number of rotatable bonds is 7. The van der Waals surface area contributed by atoms with E-state index in [1.807, 2.05) is 18.6 Å². The summed E-state index contributed by atoms with van der Waals surface area (Å²) in [6.45, 7) is 12.1. The minimum Gasteiger partial charge on any atom is -0.337 e. The van der Waals surface area contributed by atoms with E-state index in [2.05, 4.69) is 75.9 Å². The van der Waals surface area contributed by atoms with E-state index < -0.39 is 0 Å². The number of aromatic nitrogens is 5. The molecule has 0 bridgehead atoms. The number of imidazole rings is 1. The van der Waals surface area contributed by atoms with Crippen LogP contribution in [0.5, 0.6) is 0 Å². The van der Waals surface area contributed by atoms with E-state index in [0.717, 1.165) is 28.8 Å². The van der Waals surface area contributed by atoms with Crippen molar-refractivity contribution in [1.29, 1.82) is 0 Å². The van der Waals surface area contributed by atoms with Crippen LogP contribution >= 0.6 is 11.8 Å². The Morgan fingerprint density at radius 2 is 1.92 bits per heavy atom. The quantitative estimate of drug-likeness (QED) is 0.458. The molecule has 6 heteroatoms. The van der Waals surface area contributed by atoms with E-state index in [-0.39, 0.29) is 5.41 Å². The maximum Gasteiger partial charge on any atom is 0.191 e. The molecule has 2 aromatic heterocycles. The van der Waals surface area contributed by atoms with Gasteiger partial charge in [-0.2, -0.15) is 0 Å². The molecule has 0 atom stereocenters. The van der Waals surface area contributed by atoms with Crippen LogP contribution in [-0.2, 0) is 18.5 Å². The third kappa shape index (κ3) is 4.25. The Kier molecular flexibility index (Phi) is 5.61. The van der Waals surface area contributed by atoms with Crippen molar-refractivity contribution >= 4 is 11.8 Å². The van der Waals surface area contributed by atoms with Gasteiger partial charge in [-0.15, -0.1) is 16.8 Å². The molecular weight excluding hydrogens is 342 g/mol. The van der Waals surface area contributed by atoms with Gasteiger partial charge in [0.2, 0.25) is 0 Å². The van der Waals surface area contributed by atoms with E-state index in [1.165, 1.54) is 5.56 Å². The van der Waals surface area contributed by atoms with Crippen LogP contribution < -0.4 is 0 Å². The van der Waals surface area contributed by atoms with Gasteiger partial charge in [-0.05, 0) is 11.0 Å². The first kappa shape index (κ1) is 18.5. The first-order valence-electron chi connectivity index (χ1n) is 8.72. The standard InChI is InChI=1S/C20H25N5S/c1-5-11-25-18(16-6-8-17(9-7-16)20(2,3)4)22-23-19(25)26-14-13-24-12-10-21-15-24/h5-10,12,15H,1,11,13-14H2,2-4H3. The Hall–Kier alpha value is -2.34. The molecule has 0 aliphatic heterocycles. The molecule has 0 fully saturated rings. The van der Waals surface area contributed by atoms with Gasteiger partial charge in [-0.3, -0.25) is 4.57 Å². The fourth-order valence-corrected chi connectivity index (χ4v) is 3.58. The van der Waals surface area contributed by atoms with E-state index in [4.69, 9.17) is 0 Å². The van der Waals surface area contributed by atoms with E-state index in [1.54, 1.807) is 18.0 Å². The highest BCUT2D eigenvalue weighted by Gasteiger charge is 2.16. The van der Waals surface area contributed by atoms with Crippen LogP contribution in [0.1, 0.15) is 26.3 Å². The lowest BCUT2D eigenvalue weighted by atomic mass is 9.87. The number of aryl methyl sites for hydroxylation is 1. The normalized spacial score (nSPS) is 11.7. The lowest BCUT2D eigenvalue weighted by Gasteiger charge is -2.19. The molecule has 0 spiro atoms. The van der Waals surface area contributed by atoms with Crippen molar-refractivity contribution in [2.45, 2.75) is 44.4 Å². The van der Waals surface area contributed by atoms with Gasteiger partial charge in [-0.25, -0.2) is 4.98 Å². The van der Waals surface area contributed by atoms with Gasteiger partial charge < -0.3 is 4.57 Å². The van der Waals surface area contributed by atoms with Gasteiger partial charge in [0, 0.05) is 36.8 Å². The number of hydrogen-bond donors (Lipinski definition) is 0. The topological polar surface area (TPSA) is 48.5 Å². The molecule has 0 unspecified atom stereocenters. The molecule has 0 amide bonds. The molecule has 0 saturated heterocycles. The summed E-state index contributed by atoms with van der Waals surface area (Å²) in [6.07, 6.45) is 7.48. The van der Waals surface area contributed by atoms with E-state index in [0.29, 0.717) is 6.54 Å². The molecule has 5 nitrogen and oxygen atoms in total. The van der Waals surface area contributed by atoms with Crippen LogP contribution in [0, 0.1) is 0 Å². The highest BCUT2D eigenvalue weighted by molar-refractivity contribution is 7.99. The fraction of sp³-hybridized carbons (Fsp3) is 0.350. The number of nitrogens with zero attached hydrogens (tertiary/aromatic N) is 5. The van der Waals surface area contributed by atoms with Crippen molar-refractivity contribution in [3.8, 4) is 11.4 Å². The van der Waals surface area contributed by atoms with Crippen LogP contribution in [0.3, 0.4) is 0 Å². The zero-order chi connectivity index (χ0) is 18.6. The second kappa shape index (κ2) is 7.91. The summed E-state index contributed by atoms with van der Waals surface area (Å²) in [5.74, 6) is 1.80. The Labute approximate surface area is 159 Å². The second-order valence-electron chi connectivity index (χ2n) is 7.18. The summed E-state index contributed by atoms with van der Waals surface area (Å²) in [6, 6.07) is 8.61. The summed E-state index contributed by atoms with van der Waals surface area (Å²) < 4.78 is 4.19. The highest BCUT2D eigenvalue weighted by atomic mass is 32.2. The Balaban J connectivity index is 1.79. The highest BCUT2D eigenvalue weighted by Crippen LogP contribution is 2.27. The molecule has 2 heterocycles. The summed E-state index contributed by atoms with van der Waals surface area (Å²) in [5.41, 5.74) is 2.53. The Bertz CT molecular complexity index is 841. The van der Waals surface area contributed by atoms with Crippen LogP contribution in [-0.4, -0.2) is 30.1 Å². The molecule has 1 aromatic carbocycles. The number of benzene rings is 1. The smallest absolute Gasteiger partial charge is 0.191 e. The van der Waals surface area contributed by atoms with Gasteiger partial charge in [0.15, 0.2) is 11.0 Å². The molecular formula is C20H25N5S. The molecule has 3 rings (SSSR count). The van der Waals surface area contributed by atoms with Crippen LogP contribution in [0.15, 0.2) is 60.8 Å².